The normalized spacial score (nSPS) is 20.1. The summed E-state index contributed by atoms with van der Waals surface area (Å²) in [4.78, 5) is 13.4. The number of nitrogens with two attached hydrogens (primary N) is 1. The molecule has 1 saturated heterocycles. The molecule has 2 N–H and O–H groups in total. The molecular weight excluding hydrogens is 204 g/mol. The van der Waals surface area contributed by atoms with Crippen molar-refractivity contribution < 1.29 is 9.53 Å². The third-order valence-corrected chi connectivity index (χ3v) is 2.85. The third-order valence-electron chi connectivity index (χ3n) is 2.85. The van der Waals surface area contributed by atoms with E-state index in [0.29, 0.717) is 13.1 Å². The van der Waals surface area contributed by atoms with Gasteiger partial charge in [0.15, 0.2) is 0 Å². The Hall–Kier alpha value is -1.55. The zero-order chi connectivity index (χ0) is 11.7. The highest BCUT2D eigenvalue weighted by molar-refractivity contribution is 5.91. The Morgan fingerprint density at radius 3 is 2.56 bits per heavy atom. The Balaban J connectivity index is 2.35. The molecule has 86 valence electrons. The van der Waals surface area contributed by atoms with Gasteiger partial charge in [0, 0.05) is 6.54 Å². The van der Waals surface area contributed by atoms with E-state index >= 15 is 0 Å². The Morgan fingerprint density at radius 1 is 1.44 bits per heavy atom. The van der Waals surface area contributed by atoms with Crippen LogP contribution in [0.5, 0.6) is 0 Å². The van der Waals surface area contributed by atoms with Gasteiger partial charge in [-0.2, -0.15) is 0 Å². The molecule has 4 nitrogen and oxygen atoms in total. The first kappa shape index (κ1) is 11.0. The first-order valence-electron chi connectivity index (χ1n) is 5.38. The number of anilines is 1. The average molecular weight is 220 g/mol. The van der Waals surface area contributed by atoms with Crippen LogP contribution in [-0.2, 0) is 4.74 Å². The van der Waals surface area contributed by atoms with Crippen molar-refractivity contribution >= 4 is 11.8 Å². The Bertz CT molecular complexity index is 397. The van der Waals surface area contributed by atoms with Crippen molar-refractivity contribution in [3.8, 4) is 0 Å². The molecule has 0 spiro atoms. The van der Waals surface area contributed by atoms with Gasteiger partial charge in [0.2, 0.25) is 0 Å². The van der Waals surface area contributed by atoms with Crippen LogP contribution < -0.4 is 10.6 Å². The van der Waals surface area contributed by atoms with Crippen molar-refractivity contribution in [2.75, 3.05) is 18.0 Å². The van der Waals surface area contributed by atoms with Crippen LogP contribution in [0, 0.1) is 13.8 Å². The Morgan fingerprint density at radius 2 is 2.06 bits per heavy atom. The van der Waals surface area contributed by atoms with Crippen LogP contribution in [0.4, 0.5) is 10.5 Å². The topological polar surface area (TPSA) is 55.6 Å². The smallest absolute Gasteiger partial charge is 0.414 e. The lowest BCUT2D eigenvalue weighted by Crippen LogP contribution is -2.28. The molecule has 2 rings (SSSR count). The highest BCUT2D eigenvalue weighted by atomic mass is 16.6. The molecule has 0 saturated carbocycles. The largest absolute Gasteiger partial charge is 0.443 e. The molecule has 1 heterocycles. The van der Waals surface area contributed by atoms with Gasteiger partial charge in [-0.25, -0.2) is 4.79 Å². The summed E-state index contributed by atoms with van der Waals surface area (Å²) in [5.74, 6) is 0. The number of amides is 1. The fraction of sp³-hybridized carbons (Fsp3) is 0.417. The van der Waals surface area contributed by atoms with E-state index < -0.39 is 0 Å². The number of benzene rings is 1. The van der Waals surface area contributed by atoms with E-state index in [0.717, 1.165) is 16.8 Å². The van der Waals surface area contributed by atoms with Crippen LogP contribution in [-0.4, -0.2) is 25.3 Å². The monoisotopic (exact) mass is 220 g/mol. The van der Waals surface area contributed by atoms with Crippen molar-refractivity contribution in [2.24, 2.45) is 5.73 Å². The minimum absolute atomic E-state index is 0.188. The molecule has 1 unspecified atom stereocenters. The molecule has 1 aromatic carbocycles. The maximum atomic E-state index is 11.7. The molecular formula is C12H16N2O2. The zero-order valence-electron chi connectivity index (χ0n) is 9.56. The minimum atomic E-state index is -0.298. The third kappa shape index (κ3) is 1.76. The van der Waals surface area contributed by atoms with Crippen LogP contribution in [0.3, 0.4) is 0 Å². The van der Waals surface area contributed by atoms with Gasteiger partial charge in [0.25, 0.3) is 0 Å². The molecule has 0 aliphatic carbocycles. The molecule has 16 heavy (non-hydrogen) atoms. The van der Waals surface area contributed by atoms with Crippen LogP contribution in [0.15, 0.2) is 18.2 Å². The second-order valence-electron chi connectivity index (χ2n) is 4.09. The van der Waals surface area contributed by atoms with Crippen LogP contribution in [0.1, 0.15) is 11.1 Å². The minimum Gasteiger partial charge on any atom is -0.443 e. The molecule has 1 aliphatic rings. The zero-order valence-corrected chi connectivity index (χ0v) is 9.56. The lowest BCUT2D eigenvalue weighted by Gasteiger charge is -2.18. The number of hydrogen-bond donors (Lipinski definition) is 1. The fourth-order valence-electron chi connectivity index (χ4n) is 2.06. The van der Waals surface area contributed by atoms with Crippen LogP contribution in [0.2, 0.25) is 0 Å². The summed E-state index contributed by atoms with van der Waals surface area (Å²) in [7, 11) is 0. The quantitative estimate of drug-likeness (QED) is 0.823. The SMILES string of the molecule is Cc1cccc(C)c1N1CC(CN)OC1=O. The van der Waals surface area contributed by atoms with E-state index in [9.17, 15) is 4.79 Å². The Kier molecular flexibility index (Phi) is 2.83. The molecule has 1 aliphatic heterocycles. The molecule has 1 amide bonds. The van der Waals surface area contributed by atoms with Gasteiger partial charge in [0.1, 0.15) is 6.10 Å². The molecule has 1 atom stereocenters. The molecule has 4 heteroatoms. The lowest BCUT2D eigenvalue weighted by atomic mass is 10.1. The van der Waals surface area contributed by atoms with Gasteiger partial charge in [-0.3, -0.25) is 4.90 Å². The standard InChI is InChI=1S/C12H16N2O2/c1-8-4-3-5-9(2)11(8)14-7-10(6-13)16-12(14)15/h3-5,10H,6-7,13H2,1-2H3. The van der Waals surface area contributed by atoms with E-state index in [1.54, 1.807) is 4.90 Å². The van der Waals surface area contributed by atoms with Gasteiger partial charge >= 0.3 is 6.09 Å². The maximum absolute atomic E-state index is 11.7. The van der Waals surface area contributed by atoms with Crippen molar-refractivity contribution in [3.63, 3.8) is 0 Å². The summed E-state index contributed by atoms with van der Waals surface area (Å²) in [5, 5.41) is 0. The molecule has 0 radical (unpaired) electrons. The second-order valence-corrected chi connectivity index (χ2v) is 4.09. The van der Waals surface area contributed by atoms with Crippen molar-refractivity contribution in [2.45, 2.75) is 20.0 Å². The van der Waals surface area contributed by atoms with E-state index in [2.05, 4.69) is 0 Å². The van der Waals surface area contributed by atoms with Gasteiger partial charge in [-0.1, -0.05) is 18.2 Å². The number of aryl methyl sites for hydroxylation is 2. The predicted molar refractivity (Wildman–Crippen MR) is 62.6 cm³/mol. The van der Waals surface area contributed by atoms with Gasteiger partial charge < -0.3 is 10.5 Å². The summed E-state index contributed by atoms with van der Waals surface area (Å²) in [6.07, 6.45) is -0.487. The van der Waals surface area contributed by atoms with E-state index in [1.807, 2.05) is 32.0 Å². The molecule has 0 aromatic heterocycles. The highest BCUT2D eigenvalue weighted by Gasteiger charge is 2.32. The lowest BCUT2D eigenvalue weighted by molar-refractivity contribution is 0.145. The van der Waals surface area contributed by atoms with Crippen molar-refractivity contribution in [1.29, 1.82) is 0 Å². The summed E-state index contributed by atoms with van der Waals surface area (Å²) >= 11 is 0. The fourth-order valence-corrected chi connectivity index (χ4v) is 2.06. The number of carbonyl (C=O) groups excluding carboxylic acids is 1. The number of cyclic esters (lactones) is 1. The predicted octanol–water partition coefficient (Wildman–Crippen LogP) is 1.59. The van der Waals surface area contributed by atoms with Crippen LogP contribution in [0.25, 0.3) is 0 Å². The van der Waals surface area contributed by atoms with E-state index in [1.165, 1.54) is 0 Å². The van der Waals surface area contributed by atoms with Crippen molar-refractivity contribution in [1.82, 2.24) is 0 Å². The summed E-state index contributed by atoms with van der Waals surface area (Å²) in [5.41, 5.74) is 8.61. The molecule has 1 fully saturated rings. The van der Waals surface area contributed by atoms with Gasteiger partial charge in [-0.15, -0.1) is 0 Å². The van der Waals surface area contributed by atoms with Crippen molar-refractivity contribution in [3.05, 3.63) is 29.3 Å². The summed E-state index contributed by atoms with van der Waals surface area (Å²) in [6, 6.07) is 5.97. The van der Waals surface area contributed by atoms with Gasteiger partial charge in [-0.05, 0) is 25.0 Å². The summed E-state index contributed by atoms with van der Waals surface area (Å²) in [6.45, 7) is 4.89. The first-order chi connectivity index (χ1) is 7.63. The maximum Gasteiger partial charge on any atom is 0.414 e. The van der Waals surface area contributed by atoms with E-state index in [-0.39, 0.29) is 12.2 Å². The highest BCUT2D eigenvalue weighted by Crippen LogP contribution is 2.28. The number of ether oxygens (including phenoxy) is 1. The van der Waals surface area contributed by atoms with E-state index in [4.69, 9.17) is 10.5 Å². The average Bonchev–Trinajstić information content (AvgIpc) is 2.60. The number of carbonyl (C=O) groups is 1. The second kappa shape index (κ2) is 4.14. The molecule has 1 aromatic rings. The number of para-hydroxylation sites is 1. The number of nitrogens with zero attached hydrogens (tertiary/aromatic N) is 1. The summed E-state index contributed by atoms with van der Waals surface area (Å²) < 4.78 is 5.15. The Labute approximate surface area is 95.0 Å². The molecule has 0 bridgehead atoms. The van der Waals surface area contributed by atoms with Gasteiger partial charge in [0.05, 0.1) is 12.2 Å². The number of rotatable bonds is 2. The van der Waals surface area contributed by atoms with Crippen LogP contribution >= 0.6 is 0 Å². The first-order valence-corrected chi connectivity index (χ1v) is 5.38. The number of hydrogen-bond acceptors (Lipinski definition) is 3.